The molecule has 0 bridgehead atoms. The van der Waals surface area contributed by atoms with E-state index >= 15 is 0 Å². The fourth-order valence-corrected chi connectivity index (χ4v) is 0.924. The van der Waals surface area contributed by atoms with Gasteiger partial charge in [-0.05, 0) is 0 Å². The van der Waals surface area contributed by atoms with Crippen molar-refractivity contribution in [3.63, 3.8) is 0 Å². The molecule has 0 aromatic carbocycles. The van der Waals surface area contributed by atoms with E-state index in [0.717, 1.165) is 0 Å². The molecule has 0 rings (SSSR count). The number of likely N-dealkylation sites (N-methyl/N-ethyl adjacent to an activating group) is 1. The van der Waals surface area contributed by atoms with Crippen LogP contribution in [0.2, 0.25) is 0 Å². The summed E-state index contributed by atoms with van der Waals surface area (Å²) in [7, 11) is 1.18. The van der Waals surface area contributed by atoms with Crippen molar-refractivity contribution < 1.29 is 19.5 Å². The molecule has 0 aromatic heterocycles. The first-order chi connectivity index (χ1) is 6.40. The third-order valence-corrected chi connectivity index (χ3v) is 2.02. The molecular formula is C7H7Cl2NO4. The summed E-state index contributed by atoms with van der Waals surface area (Å²) in [5, 5.41) is 7.56. The molecule has 14 heavy (non-hydrogen) atoms. The van der Waals surface area contributed by atoms with Crippen LogP contribution in [-0.4, -0.2) is 35.3 Å². The number of carbonyl (C=O) groups is 3. The topological polar surface area (TPSA) is 74.7 Å². The van der Waals surface area contributed by atoms with Crippen molar-refractivity contribution in [2.45, 2.75) is 6.42 Å². The Bertz CT molecular complexity index is 300. The molecule has 0 saturated heterocycles. The molecule has 0 aliphatic carbocycles. The maximum absolute atomic E-state index is 11.1. The fraction of sp³-hybridized carbons (Fsp3) is 0.286. The second-order valence-electron chi connectivity index (χ2n) is 2.31. The van der Waals surface area contributed by atoms with Crippen LogP contribution in [0.15, 0.2) is 10.1 Å². The molecule has 0 aliphatic rings. The van der Waals surface area contributed by atoms with E-state index < -0.39 is 23.3 Å². The van der Waals surface area contributed by atoms with E-state index in [1.54, 1.807) is 0 Å². The van der Waals surface area contributed by atoms with Crippen LogP contribution in [0.25, 0.3) is 0 Å². The molecule has 0 spiro atoms. The number of carboxylic acid groups (broad SMARTS) is 1. The normalized spacial score (nSPS) is 11.6. The summed E-state index contributed by atoms with van der Waals surface area (Å²) in [5.41, 5.74) is 0. The summed E-state index contributed by atoms with van der Waals surface area (Å²) in [6.45, 7) is 0. The van der Waals surface area contributed by atoms with E-state index in [0.29, 0.717) is 4.90 Å². The van der Waals surface area contributed by atoms with Crippen LogP contribution in [0.3, 0.4) is 0 Å². The molecular weight excluding hydrogens is 233 g/mol. The highest BCUT2D eigenvalue weighted by Crippen LogP contribution is 2.18. The smallest absolute Gasteiger partial charge is 0.308 e. The number of hydrogen-bond acceptors (Lipinski definition) is 3. The quantitative estimate of drug-likeness (QED) is 0.581. The first kappa shape index (κ1) is 12.9. The number of rotatable bonds is 4. The zero-order chi connectivity index (χ0) is 11.3. The Kier molecular flexibility index (Phi) is 5.19. The van der Waals surface area contributed by atoms with Crippen LogP contribution >= 0.6 is 23.2 Å². The van der Waals surface area contributed by atoms with Crippen LogP contribution in [-0.2, 0) is 14.4 Å². The molecule has 78 valence electrons. The summed E-state index contributed by atoms with van der Waals surface area (Å²) in [5.74, 6) is -2.05. The maximum atomic E-state index is 11.1. The molecule has 0 aliphatic heterocycles. The van der Waals surface area contributed by atoms with E-state index in [1.165, 1.54) is 7.05 Å². The second-order valence-corrected chi connectivity index (χ2v) is 3.15. The molecule has 0 unspecified atom stereocenters. The Morgan fingerprint density at radius 1 is 1.43 bits per heavy atom. The third-order valence-electron chi connectivity index (χ3n) is 1.21. The number of hydrogen-bond donors (Lipinski definition) is 1. The third kappa shape index (κ3) is 3.76. The maximum Gasteiger partial charge on any atom is 0.308 e. The van der Waals surface area contributed by atoms with Crippen LogP contribution in [0.1, 0.15) is 6.42 Å². The van der Waals surface area contributed by atoms with Crippen LogP contribution in [0.5, 0.6) is 0 Å². The summed E-state index contributed by atoms with van der Waals surface area (Å²) < 4.78 is 0. The lowest BCUT2D eigenvalue weighted by atomic mass is 10.3. The Hall–Kier alpha value is -1.07. The highest BCUT2D eigenvalue weighted by Gasteiger charge is 2.17. The van der Waals surface area contributed by atoms with Gasteiger partial charge in [0.25, 0.3) is 5.91 Å². The van der Waals surface area contributed by atoms with Gasteiger partial charge in [-0.15, -0.1) is 0 Å². The number of amides is 2. The van der Waals surface area contributed by atoms with Gasteiger partial charge in [0.2, 0.25) is 6.41 Å². The van der Waals surface area contributed by atoms with Crippen molar-refractivity contribution in [1.29, 1.82) is 0 Å². The highest BCUT2D eigenvalue weighted by atomic mass is 35.5. The van der Waals surface area contributed by atoms with Gasteiger partial charge in [-0.1, -0.05) is 23.2 Å². The van der Waals surface area contributed by atoms with Gasteiger partial charge in [0, 0.05) is 7.05 Å². The van der Waals surface area contributed by atoms with Crippen molar-refractivity contribution in [2.24, 2.45) is 0 Å². The van der Waals surface area contributed by atoms with Gasteiger partial charge in [0.1, 0.15) is 5.03 Å². The molecule has 0 atom stereocenters. The standard InChI is InChI=1S/C7H7Cl2NO4/c1-10(3-11)7(14)6(9)4(8)2-5(12)13/h3H,2H2,1H3,(H,12,13)/b6-4+. The largest absolute Gasteiger partial charge is 0.481 e. The zero-order valence-corrected chi connectivity index (χ0v) is 8.67. The molecule has 2 amide bonds. The Morgan fingerprint density at radius 3 is 2.29 bits per heavy atom. The van der Waals surface area contributed by atoms with Gasteiger partial charge < -0.3 is 5.11 Å². The van der Waals surface area contributed by atoms with Gasteiger partial charge in [-0.25, -0.2) is 0 Å². The van der Waals surface area contributed by atoms with Crippen LogP contribution in [0, 0.1) is 0 Å². The van der Waals surface area contributed by atoms with E-state index in [1.807, 2.05) is 0 Å². The lowest BCUT2D eigenvalue weighted by Crippen LogP contribution is -2.25. The minimum atomic E-state index is -1.21. The average molecular weight is 240 g/mol. The number of carboxylic acids is 1. The van der Waals surface area contributed by atoms with Gasteiger partial charge in [-0.3, -0.25) is 19.3 Å². The van der Waals surface area contributed by atoms with E-state index in [-0.39, 0.29) is 11.4 Å². The van der Waals surface area contributed by atoms with E-state index in [9.17, 15) is 14.4 Å². The van der Waals surface area contributed by atoms with Gasteiger partial charge in [0.05, 0.1) is 11.5 Å². The van der Waals surface area contributed by atoms with Gasteiger partial charge in [-0.2, -0.15) is 0 Å². The Morgan fingerprint density at radius 2 is 1.93 bits per heavy atom. The molecule has 0 radical (unpaired) electrons. The Labute approximate surface area is 89.9 Å². The van der Waals surface area contributed by atoms with E-state index in [4.69, 9.17) is 28.3 Å². The van der Waals surface area contributed by atoms with E-state index in [2.05, 4.69) is 0 Å². The predicted molar refractivity (Wildman–Crippen MR) is 49.8 cm³/mol. The SMILES string of the molecule is CN(C=O)C(=O)/C(Cl)=C(\Cl)CC(=O)O. The number of carbonyl (C=O) groups excluding carboxylic acids is 2. The lowest BCUT2D eigenvalue weighted by molar-refractivity contribution is -0.136. The minimum absolute atomic E-state index is 0.246. The molecule has 0 fully saturated rings. The summed E-state index contributed by atoms with van der Waals surface area (Å²) in [4.78, 5) is 32.1. The monoisotopic (exact) mass is 239 g/mol. The van der Waals surface area contributed by atoms with Gasteiger partial charge in [0.15, 0.2) is 0 Å². The minimum Gasteiger partial charge on any atom is -0.481 e. The highest BCUT2D eigenvalue weighted by molar-refractivity contribution is 6.48. The molecule has 1 N–H and O–H groups in total. The number of halogens is 2. The van der Waals surface area contributed by atoms with Crippen molar-refractivity contribution in [3.8, 4) is 0 Å². The summed E-state index contributed by atoms with van der Waals surface area (Å²) in [6.07, 6.45) is -0.311. The second kappa shape index (κ2) is 5.62. The molecule has 0 saturated carbocycles. The molecule has 0 heterocycles. The molecule has 0 aromatic rings. The average Bonchev–Trinajstić information content (AvgIpc) is 2.13. The zero-order valence-electron chi connectivity index (χ0n) is 7.16. The van der Waals surface area contributed by atoms with Crippen molar-refractivity contribution in [2.75, 3.05) is 7.05 Å². The van der Waals surface area contributed by atoms with Crippen LogP contribution in [0.4, 0.5) is 0 Å². The Balaban J connectivity index is 4.72. The summed E-state index contributed by atoms with van der Waals surface area (Å²) >= 11 is 10.9. The number of nitrogens with zero attached hydrogens (tertiary/aromatic N) is 1. The lowest BCUT2D eigenvalue weighted by Gasteiger charge is -2.08. The molecule has 5 nitrogen and oxygen atoms in total. The van der Waals surface area contributed by atoms with Gasteiger partial charge >= 0.3 is 5.97 Å². The number of imide groups is 1. The fourth-order valence-electron chi connectivity index (χ4n) is 0.529. The van der Waals surface area contributed by atoms with Crippen molar-refractivity contribution in [1.82, 2.24) is 4.90 Å². The van der Waals surface area contributed by atoms with Crippen molar-refractivity contribution in [3.05, 3.63) is 10.1 Å². The first-order valence-corrected chi connectivity index (χ1v) is 4.14. The summed E-state index contributed by atoms with van der Waals surface area (Å²) in [6, 6.07) is 0. The molecule has 7 heteroatoms. The predicted octanol–water partition coefficient (Wildman–Crippen LogP) is 0.765. The first-order valence-electron chi connectivity index (χ1n) is 3.38. The van der Waals surface area contributed by atoms with Crippen LogP contribution < -0.4 is 0 Å². The number of aliphatic carboxylic acids is 1. The van der Waals surface area contributed by atoms with Crippen molar-refractivity contribution >= 4 is 41.5 Å².